The van der Waals surface area contributed by atoms with Gasteiger partial charge in [0.05, 0.1) is 16.1 Å². The van der Waals surface area contributed by atoms with E-state index in [1.54, 1.807) is 11.3 Å². The molecule has 1 saturated heterocycles. The molecule has 1 unspecified atom stereocenters. The number of aromatic nitrogens is 2. The van der Waals surface area contributed by atoms with Crippen LogP contribution in [0.1, 0.15) is 32.3 Å². The minimum Gasteiger partial charge on any atom is -0.365 e. The van der Waals surface area contributed by atoms with E-state index in [1.165, 1.54) is 0 Å². The second-order valence-corrected chi connectivity index (χ2v) is 11.0. The smallest absolute Gasteiger partial charge is 0.228 e. The van der Waals surface area contributed by atoms with E-state index in [1.807, 2.05) is 42.5 Å². The Kier molecular flexibility index (Phi) is 7.67. The second kappa shape index (κ2) is 11.3. The Labute approximate surface area is 222 Å². The van der Waals surface area contributed by atoms with E-state index < -0.39 is 0 Å². The Hall–Kier alpha value is -3.49. The molecule has 1 atom stereocenters. The third kappa shape index (κ3) is 6.09. The fraction of sp³-hybridized carbons (Fsp3) is 0.345. The Balaban J connectivity index is 1.40. The van der Waals surface area contributed by atoms with Crippen LogP contribution in [0.15, 0.2) is 60.7 Å². The molecule has 0 spiro atoms. The highest BCUT2D eigenvalue weighted by molar-refractivity contribution is 7.22. The van der Waals surface area contributed by atoms with Gasteiger partial charge in [0, 0.05) is 29.7 Å². The number of likely N-dealkylation sites (tertiary alicyclic amines) is 1. The number of nitrogens with one attached hydrogen (secondary N) is 3. The van der Waals surface area contributed by atoms with Gasteiger partial charge in [-0.25, -0.2) is 4.98 Å². The van der Waals surface area contributed by atoms with Crippen molar-refractivity contribution in [1.82, 2.24) is 14.9 Å². The molecule has 0 bridgehead atoms. The highest BCUT2D eigenvalue weighted by atomic mass is 32.1. The fourth-order valence-corrected chi connectivity index (χ4v) is 5.78. The number of piperidine rings is 1. The molecule has 1 fully saturated rings. The number of hydrogen-bond acceptors (Lipinski definition) is 7. The van der Waals surface area contributed by atoms with Gasteiger partial charge in [0.1, 0.15) is 5.82 Å². The lowest BCUT2D eigenvalue weighted by Crippen LogP contribution is -2.38. The highest BCUT2D eigenvalue weighted by Crippen LogP contribution is 2.37. The molecule has 2 aromatic heterocycles. The van der Waals surface area contributed by atoms with E-state index in [0.29, 0.717) is 12.5 Å². The summed E-state index contributed by atoms with van der Waals surface area (Å²) in [6, 6.07) is 20.7. The third-order valence-electron chi connectivity index (χ3n) is 6.56. The molecule has 7 nitrogen and oxygen atoms in total. The van der Waals surface area contributed by atoms with E-state index in [0.717, 1.165) is 63.7 Å². The first kappa shape index (κ1) is 25.2. The SMILES string of the molecule is CC(C)Nc1nc(NCc2ccccc2NC(=O)C2CCCN(C)C2)c2sc(-c3ccccc3)cc2n1. The van der Waals surface area contributed by atoms with Crippen LogP contribution in [0, 0.1) is 5.92 Å². The summed E-state index contributed by atoms with van der Waals surface area (Å²) >= 11 is 1.68. The van der Waals surface area contributed by atoms with Gasteiger partial charge in [-0.15, -0.1) is 11.3 Å². The maximum absolute atomic E-state index is 13.0. The number of benzene rings is 2. The largest absolute Gasteiger partial charge is 0.365 e. The van der Waals surface area contributed by atoms with Crippen LogP contribution in [-0.4, -0.2) is 47.0 Å². The lowest BCUT2D eigenvalue weighted by molar-refractivity contribution is -0.121. The van der Waals surface area contributed by atoms with Gasteiger partial charge in [-0.1, -0.05) is 48.5 Å². The Morgan fingerprint density at radius 2 is 1.89 bits per heavy atom. The Morgan fingerprint density at radius 3 is 2.68 bits per heavy atom. The number of hydrogen-bond donors (Lipinski definition) is 3. The normalized spacial score (nSPS) is 16.2. The third-order valence-corrected chi connectivity index (χ3v) is 7.74. The highest BCUT2D eigenvalue weighted by Gasteiger charge is 2.24. The maximum atomic E-state index is 13.0. The predicted octanol–water partition coefficient (Wildman–Crippen LogP) is 6.07. The van der Waals surface area contributed by atoms with Crippen molar-refractivity contribution in [3.8, 4) is 10.4 Å². The number of amides is 1. The van der Waals surface area contributed by atoms with Crippen LogP contribution in [0.4, 0.5) is 17.5 Å². The van der Waals surface area contributed by atoms with Crippen molar-refractivity contribution in [1.29, 1.82) is 0 Å². The van der Waals surface area contributed by atoms with Gasteiger partial charge in [-0.3, -0.25) is 4.79 Å². The molecule has 1 aliphatic heterocycles. The van der Waals surface area contributed by atoms with E-state index in [4.69, 9.17) is 9.97 Å². The van der Waals surface area contributed by atoms with Crippen molar-refractivity contribution >= 4 is 44.9 Å². The Bertz CT molecular complexity index is 1370. The minimum absolute atomic E-state index is 0.0217. The average molecular weight is 515 g/mol. The van der Waals surface area contributed by atoms with Gasteiger partial charge in [0.25, 0.3) is 0 Å². The molecule has 1 amide bonds. The van der Waals surface area contributed by atoms with E-state index in [2.05, 4.69) is 59.9 Å². The second-order valence-electron chi connectivity index (χ2n) is 9.99. The molecule has 3 N–H and O–H groups in total. The quantitative estimate of drug-likeness (QED) is 0.265. The number of para-hydroxylation sites is 1. The summed E-state index contributed by atoms with van der Waals surface area (Å²) in [7, 11) is 2.08. The number of carbonyl (C=O) groups is 1. The summed E-state index contributed by atoms with van der Waals surface area (Å²) < 4.78 is 1.01. The van der Waals surface area contributed by atoms with Crippen molar-refractivity contribution in [3.63, 3.8) is 0 Å². The lowest BCUT2D eigenvalue weighted by Gasteiger charge is -2.29. The molecule has 5 rings (SSSR count). The molecular weight excluding hydrogens is 480 g/mol. The zero-order valence-electron chi connectivity index (χ0n) is 21.6. The molecule has 0 saturated carbocycles. The zero-order valence-corrected chi connectivity index (χ0v) is 22.4. The molecule has 4 aromatic rings. The van der Waals surface area contributed by atoms with Crippen molar-refractivity contribution in [2.75, 3.05) is 36.1 Å². The minimum atomic E-state index is 0.0217. The summed E-state index contributed by atoms with van der Waals surface area (Å²) in [6.07, 6.45) is 1.99. The summed E-state index contributed by atoms with van der Waals surface area (Å²) in [5.74, 6) is 1.51. The number of anilines is 3. The van der Waals surface area contributed by atoms with Gasteiger partial charge in [-0.05, 0) is 63.5 Å². The van der Waals surface area contributed by atoms with Gasteiger partial charge < -0.3 is 20.9 Å². The summed E-state index contributed by atoms with van der Waals surface area (Å²) in [5, 5.41) is 10.1. The fourth-order valence-electron chi connectivity index (χ4n) is 4.71. The van der Waals surface area contributed by atoms with Gasteiger partial charge >= 0.3 is 0 Å². The Morgan fingerprint density at radius 1 is 1.11 bits per heavy atom. The van der Waals surface area contributed by atoms with Crippen molar-refractivity contribution in [2.24, 2.45) is 5.92 Å². The molecule has 2 aromatic carbocycles. The van der Waals surface area contributed by atoms with Gasteiger partial charge in [-0.2, -0.15) is 4.98 Å². The van der Waals surface area contributed by atoms with E-state index in [9.17, 15) is 4.79 Å². The molecule has 3 heterocycles. The van der Waals surface area contributed by atoms with Crippen LogP contribution in [0.5, 0.6) is 0 Å². The first-order valence-corrected chi connectivity index (χ1v) is 13.7. The predicted molar refractivity (Wildman–Crippen MR) is 154 cm³/mol. The number of thiophene rings is 1. The summed E-state index contributed by atoms with van der Waals surface area (Å²) in [5.41, 5.74) is 3.93. The monoisotopic (exact) mass is 514 g/mol. The van der Waals surface area contributed by atoms with Crippen LogP contribution in [-0.2, 0) is 11.3 Å². The molecule has 0 aliphatic carbocycles. The standard InChI is InChI=1S/C29H34N6OS/c1-19(2)31-29-33-24-16-25(20-10-5-4-6-11-20)37-26(24)27(34-29)30-17-21-12-7-8-14-23(21)32-28(36)22-13-9-15-35(3)18-22/h4-8,10-12,14,16,19,22H,9,13,15,17-18H2,1-3H3,(H,32,36)(H2,30,31,33,34). The van der Waals surface area contributed by atoms with Crippen LogP contribution in [0.25, 0.3) is 20.7 Å². The number of fused-ring (bicyclic) bond motifs is 1. The summed E-state index contributed by atoms with van der Waals surface area (Å²) in [6.45, 7) is 6.55. The first-order valence-electron chi connectivity index (χ1n) is 12.9. The van der Waals surface area contributed by atoms with Gasteiger partial charge in [0.15, 0.2) is 0 Å². The topological polar surface area (TPSA) is 82.2 Å². The van der Waals surface area contributed by atoms with Crippen molar-refractivity contribution < 1.29 is 4.79 Å². The van der Waals surface area contributed by atoms with E-state index in [-0.39, 0.29) is 17.9 Å². The van der Waals surface area contributed by atoms with Gasteiger partial charge in [0.2, 0.25) is 11.9 Å². The zero-order chi connectivity index (χ0) is 25.8. The van der Waals surface area contributed by atoms with Crippen LogP contribution in [0.3, 0.4) is 0 Å². The van der Waals surface area contributed by atoms with Crippen molar-refractivity contribution in [2.45, 2.75) is 39.3 Å². The van der Waals surface area contributed by atoms with Crippen LogP contribution in [0.2, 0.25) is 0 Å². The molecule has 0 radical (unpaired) electrons. The average Bonchev–Trinajstić information content (AvgIpc) is 3.32. The molecule has 37 heavy (non-hydrogen) atoms. The molecular formula is C29H34N6OS. The molecule has 1 aliphatic rings. The number of nitrogens with zero attached hydrogens (tertiary/aromatic N) is 3. The van der Waals surface area contributed by atoms with Crippen molar-refractivity contribution in [3.05, 3.63) is 66.2 Å². The molecule has 8 heteroatoms. The first-order chi connectivity index (χ1) is 18.0. The molecule has 192 valence electrons. The van der Waals surface area contributed by atoms with Crippen LogP contribution < -0.4 is 16.0 Å². The number of carbonyl (C=O) groups excluding carboxylic acids is 1. The maximum Gasteiger partial charge on any atom is 0.228 e. The van der Waals surface area contributed by atoms with Crippen LogP contribution >= 0.6 is 11.3 Å². The number of rotatable bonds is 8. The lowest BCUT2D eigenvalue weighted by atomic mass is 9.97. The van der Waals surface area contributed by atoms with E-state index >= 15 is 0 Å². The summed E-state index contributed by atoms with van der Waals surface area (Å²) in [4.78, 5) is 26.0.